The fourth-order valence-electron chi connectivity index (χ4n) is 1.91. The second-order valence-electron chi connectivity index (χ2n) is 5.43. The molecule has 21 heavy (non-hydrogen) atoms. The zero-order chi connectivity index (χ0) is 16.3. The molecule has 0 aromatic heterocycles. The molecular formula is C13H22N2O4S2. The molecule has 0 aliphatic rings. The monoisotopic (exact) mass is 334 g/mol. The molecule has 1 aromatic rings. The van der Waals surface area contributed by atoms with Crippen LogP contribution in [0.4, 0.5) is 0 Å². The minimum Gasteiger partial charge on any atom is -0.329 e. The van der Waals surface area contributed by atoms with Crippen molar-refractivity contribution in [2.24, 2.45) is 11.7 Å². The molecule has 0 fully saturated rings. The molecule has 0 saturated heterocycles. The molecule has 1 atom stereocenters. The van der Waals surface area contributed by atoms with E-state index in [4.69, 9.17) is 5.73 Å². The molecule has 0 amide bonds. The highest BCUT2D eigenvalue weighted by molar-refractivity contribution is 7.90. The first-order valence-electron chi connectivity index (χ1n) is 6.59. The van der Waals surface area contributed by atoms with E-state index in [1.54, 1.807) is 0 Å². The quantitative estimate of drug-likeness (QED) is 0.765. The van der Waals surface area contributed by atoms with E-state index >= 15 is 0 Å². The lowest BCUT2D eigenvalue weighted by Gasteiger charge is -2.18. The van der Waals surface area contributed by atoms with Gasteiger partial charge in [0.1, 0.15) is 0 Å². The standard InChI is InChI=1S/C13H22N2O4S2/c1-10(2)8-11(9-14)15-21(18,19)13-6-4-12(5-7-13)20(3,16)17/h4-7,10-11,15H,8-9,14H2,1-3H3. The summed E-state index contributed by atoms with van der Waals surface area (Å²) in [5.74, 6) is 0.314. The van der Waals surface area contributed by atoms with Gasteiger partial charge in [-0.25, -0.2) is 21.6 Å². The minimum atomic E-state index is -3.70. The summed E-state index contributed by atoms with van der Waals surface area (Å²) in [5.41, 5.74) is 5.58. The van der Waals surface area contributed by atoms with Crippen molar-refractivity contribution in [1.82, 2.24) is 4.72 Å². The van der Waals surface area contributed by atoms with E-state index in [2.05, 4.69) is 4.72 Å². The normalized spacial score (nSPS) is 14.3. The number of hydrogen-bond donors (Lipinski definition) is 2. The topological polar surface area (TPSA) is 106 Å². The van der Waals surface area contributed by atoms with Crippen LogP contribution in [0.5, 0.6) is 0 Å². The zero-order valence-electron chi connectivity index (χ0n) is 12.4. The van der Waals surface area contributed by atoms with Gasteiger partial charge in [-0.05, 0) is 36.6 Å². The van der Waals surface area contributed by atoms with Crippen LogP contribution in [0, 0.1) is 5.92 Å². The number of rotatable bonds is 7. The van der Waals surface area contributed by atoms with Crippen molar-refractivity contribution in [2.75, 3.05) is 12.8 Å². The van der Waals surface area contributed by atoms with Gasteiger partial charge in [0.2, 0.25) is 10.0 Å². The number of sulfone groups is 1. The molecule has 0 bridgehead atoms. The van der Waals surface area contributed by atoms with E-state index in [-0.39, 0.29) is 22.4 Å². The minimum absolute atomic E-state index is 0.0251. The van der Waals surface area contributed by atoms with Gasteiger partial charge in [0, 0.05) is 18.8 Å². The van der Waals surface area contributed by atoms with Gasteiger partial charge in [0.25, 0.3) is 0 Å². The maximum absolute atomic E-state index is 12.2. The first-order chi connectivity index (χ1) is 9.56. The van der Waals surface area contributed by atoms with Gasteiger partial charge in [0.05, 0.1) is 9.79 Å². The maximum Gasteiger partial charge on any atom is 0.240 e. The lowest BCUT2D eigenvalue weighted by molar-refractivity contribution is 0.465. The molecule has 3 N–H and O–H groups in total. The second-order valence-corrected chi connectivity index (χ2v) is 9.16. The molecule has 1 aromatic carbocycles. The van der Waals surface area contributed by atoms with Crippen LogP contribution in [0.1, 0.15) is 20.3 Å². The van der Waals surface area contributed by atoms with Crippen molar-refractivity contribution in [3.05, 3.63) is 24.3 Å². The molecular weight excluding hydrogens is 312 g/mol. The van der Waals surface area contributed by atoms with E-state index in [0.717, 1.165) is 6.26 Å². The van der Waals surface area contributed by atoms with Gasteiger partial charge < -0.3 is 5.73 Å². The fraction of sp³-hybridized carbons (Fsp3) is 0.538. The van der Waals surface area contributed by atoms with E-state index in [0.29, 0.717) is 12.3 Å². The van der Waals surface area contributed by atoms with Gasteiger partial charge in [-0.15, -0.1) is 0 Å². The molecule has 0 heterocycles. The average molecular weight is 334 g/mol. The smallest absolute Gasteiger partial charge is 0.240 e. The van der Waals surface area contributed by atoms with Gasteiger partial charge in [-0.1, -0.05) is 13.8 Å². The Hall–Kier alpha value is -0.960. The zero-order valence-corrected chi connectivity index (χ0v) is 14.0. The molecule has 0 spiro atoms. The van der Waals surface area contributed by atoms with Crippen molar-refractivity contribution in [2.45, 2.75) is 36.1 Å². The highest BCUT2D eigenvalue weighted by Gasteiger charge is 2.20. The predicted molar refractivity (Wildman–Crippen MR) is 82.2 cm³/mol. The van der Waals surface area contributed by atoms with Gasteiger partial charge in [-0.3, -0.25) is 0 Å². The SMILES string of the molecule is CC(C)CC(CN)NS(=O)(=O)c1ccc(S(C)(=O)=O)cc1. The third-order valence-electron chi connectivity index (χ3n) is 2.92. The summed E-state index contributed by atoms with van der Waals surface area (Å²) in [6, 6.07) is 4.78. The Morgan fingerprint density at radius 2 is 1.52 bits per heavy atom. The van der Waals surface area contributed by atoms with Crippen LogP contribution in [-0.4, -0.2) is 35.7 Å². The maximum atomic E-state index is 12.2. The highest BCUT2D eigenvalue weighted by Crippen LogP contribution is 2.15. The summed E-state index contributed by atoms with van der Waals surface area (Å²) in [7, 11) is -7.05. The molecule has 0 saturated carbocycles. The van der Waals surface area contributed by atoms with E-state index in [1.807, 2.05) is 13.8 Å². The van der Waals surface area contributed by atoms with E-state index in [1.165, 1.54) is 24.3 Å². The second kappa shape index (κ2) is 6.87. The molecule has 8 heteroatoms. The Balaban J connectivity index is 2.97. The Bertz CT molecular complexity index is 665. The van der Waals surface area contributed by atoms with Crippen molar-refractivity contribution < 1.29 is 16.8 Å². The van der Waals surface area contributed by atoms with Crippen molar-refractivity contribution in [1.29, 1.82) is 0 Å². The van der Waals surface area contributed by atoms with Crippen LogP contribution < -0.4 is 10.5 Å². The summed E-state index contributed by atoms with van der Waals surface area (Å²) in [5, 5.41) is 0. The highest BCUT2D eigenvalue weighted by atomic mass is 32.2. The summed E-state index contributed by atoms with van der Waals surface area (Å²) in [6.07, 6.45) is 1.71. The van der Waals surface area contributed by atoms with Crippen molar-refractivity contribution in [3.63, 3.8) is 0 Å². The molecule has 0 aliphatic heterocycles. The Kier molecular flexibility index (Phi) is 5.92. The summed E-state index contributed by atoms with van der Waals surface area (Å²) in [6.45, 7) is 4.18. The van der Waals surface area contributed by atoms with Crippen LogP contribution in [0.15, 0.2) is 34.1 Å². The molecule has 1 rings (SSSR count). The molecule has 0 aliphatic carbocycles. The summed E-state index contributed by atoms with van der Waals surface area (Å²) in [4.78, 5) is 0.108. The number of nitrogens with one attached hydrogen (secondary N) is 1. The Morgan fingerprint density at radius 1 is 1.05 bits per heavy atom. The van der Waals surface area contributed by atoms with Crippen LogP contribution in [0.3, 0.4) is 0 Å². The summed E-state index contributed by atoms with van der Waals surface area (Å²) < 4.78 is 49.7. The molecule has 120 valence electrons. The van der Waals surface area contributed by atoms with Crippen LogP contribution >= 0.6 is 0 Å². The Labute approximate surface area is 126 Å². The molecule has 1 unspecified atom stereocenters. The largest absolute Gasteiger partial charge is 0.329 e. The van der Waals surface area contributed by atoms with Gasteiger partial charge >= 0.3 is 0 Å². The molecule has 0 radical (unpaired) electrons. The number of benzene rings is 1. The average Bonchev–Trinajstić information content (AvgIpc) is 2.36. The third-order valence-corrected chi connectivity index (χ3v) is 5.59. The van der Waals surface area contributed by atoms with Crippen molar-refractivity contribution >= 4 is 19.9 Å². The third kappa shape index (κ3) is 5.39. The predicted octanol–water partition coefficient (Wildman–Crippen LogP) is 0.742. The lowest BCUT2D eigenvalue weighted by Crippen LogP contribution is -2.40. The number of sulfonamides is 1. The Morgan fingerprint density at radius 3 is 1.90 bits per heavy atom. The lowest BCUT2D eigenvalue weighted by atomic mass is 10.1. The van der Waals surface area contributed by atoms with Gasteiger partial charge in [0.15, 0.2) is 9.84 Å². The van der Waals surface area contributed by atoms with Crippen LogP contribution in [0.25, 0.3) is 0 Å². The first-order valence-corrected chi connectivity index (χ1v) is 9.96. The fourth-order valence-corrected chi connectivity index (χ4v) is 3.81. The first kappa shape index (κ1) is 18.1. The summed E-state index contributed by atoms with van der Waals surface area (Å²) >= 11 is 0. The molecule has 6 nitrogen and oxygen atoms in total. The van der Waals surface area contributed by atoms with Crippen LogP contribution in [-0.2, 0) is 19.9 Å². The van der Waals surface area contributed by atoms with E-state index < -0.39 is 19.9 Å². The van der Waals surface area contributed by atoms with E-state index in [9.17, 15) is 16.8 Å². The number of hydrogen-bond acceptors (Lipinski definition) is 5. The van der Waals surface area contributed by atoms with Crippen LogP contribution in [0.2, 0.25) is 0 Å². The number of nitrogens with two attached hydrogens (primary N) is 1. The van der Waals surface area contributed by atoms with Crippen molar-refractivity contribution in [3.8, 4) is 0 Å². The van der Waals surface area contributed by atoms with Gasteiger partial charge in [-0.2, -0.15) is 0 Å².